The summed E-state index contributed by atoms with van der Waals surface area (Å²) < 4.78 is 7.13. The van der Waals surface area contributed by atoms with Gasteiger partial charge in [-0.25, -0.2) is 4.98 Å². The number of halogens is 1. The van der Waals surface area contributed by atoms with Gasteiger partial charge in [0, 0.05) is 37.7 Å². The first-order chi connectivity index (χ1) is 13.1. The number of carbonyl (C=O) groups is 1. The van der Waals surface area contributed by atoms with E-state index in [9.17, 15) is 4.79 Å². The first kappa shape index (κ1) is 17.5. The Morgan fingerprint density at radius 3 is 3.15 bits per heavy atom. The second-order valence-electron chi connectivity index (χ2n) is 7.87. The molecule has 5 rings (SSSR count). The normalized spacial score (nSPS) is 31.3. The molecule has 7 heteroatoms. The van der Waals surface area contributed by atoms with Crippen LogP contribution in [-0.2, 0) is 4.74 Å². The van der Waals surface area contributed by atoms with Gasteiger partial charge in [-0.2, -0.15) is 0 Å². The summed E-state index contributed by atoms with van der Waals surface area (Å²) in [7, 11) is 0. The Balaban J connectivity index is 1.31. The van der Waals surface area contributed by atoms with Crippen LogP contribution in [0.1, 0.15) is 28.1 Å². The minimum atomic E-state index is -0.0732. The van der Waals surface area contributed by atoms with E-state index in [-0.39, 0.29) is 17.6 Å². The van der Waals surface area contributed by atoms with Crippen molar-refractivity contribution >= 4 is 34.7 Å². The van der Waals surface area contributed by atoms with E-state index in [0.29, 0.717) is 27.6 Å². The lowest BCUT2D eigenvalue weighted by atomic mass is 9.73. The molecular formula is C20H22ClN3O2S. The van der Waals surface area contributed by atoms with Crippen molar-refractivity contribution in [2.45, 2.75) is 31.5 Å². The number of aromatic nitrogens is 1. The van der Waals surface area contributed by atoms with Crippen LogP contribution in [0.4, 0.5) is 5.82 Å². The number of rotatable bonds is 4. The van der Waals surface area contributed by atoms with Crippen LogP contribution in [0.5, 0.6) is 0 Å². The van der Waals surface area contributed by atoms with Gasteiger partial charge in [0.15, 0.2) is 0 Å². The molecule has 1 spiro atoms. The monoisotopic (exact) mass is 403 g/mol. The molecule has 3 aliphatic heterocycles. The predicted molar refractivity (Wildman–Crippen MR) is 107 cm³/mol. The smallest absolute Gasteiger partial charge is 0.261 e. The molecule has 2 aromatic heterocycles. The van der Waals surface area contributed by atoms with Crippen molar-refractivity contribution in [3.8, 4) is 0 Å². The zero-order valence-electron chi connectivity index (χ0n) is 15.2. The van der Waals surface area contributed by atoms with Gasteiger partial charge in [-0.15, -0.1) is 11.3 Å². The van der Waals surface area contributed by atoms with E-state index in [1.54, 1.807) is 12.1 Å². The number of hydrogen-bond donors (Lipinski definition) is 1. The zero-order valence-corrected chi connectivity index (χ0v) is 16.7. The molecule has 2 bridgehead atoms. The van der Waals surface area contributed by atoms with Gasteiger partial charge in [0.1, 0.15) is 5.82 Å². The van der Waals surface area contributed by atoms with E-state index in [1.165, 1.54) is 16.9 Å². The number of amides is 1. The molecule has 0 aliphatic carbocycles. The fourth-order valence-corrected chi connectivity index (χ4v) is 6.13. The third kappa shape index (κ3) is 2.85. The fraction of sp³-hybridized carbons (Fsp3) is 0.500. The van der Waals surface area contributed by atoms with E-state index < -0.39 is 0 Å². The lowest BCUT2D eigenvalue weighted by Gasteiger charge is -2.29. The number of anilines is 1. The Labute approximate surface area is 167 Å². The molecule has 0 saturated carbocycles. The number of pyridine rings is 1. The molecule has 0 unspecified atom stereocenters. The summed E-state index contributed by atoms with van der Waals surface area (Å²) >= 11 is 7.27. The SMILES string of the molecule is Cc1cccnc1N1C[C@@H]2[C@H](CNC(=O)c3ccc(Cl)s3)[C@H]3CC[C@]2(C1)O3. The highest BCUT2D eigenvalue weighted by Crippen LogP contribution is 2.55. The van der Waals surface area contributed by atoms with Gasteiger partial charge in [-0.3, -0.25) is 4.79 Å². The molecule has 142 valence electrons. The third-order valence-corrected chi connectivity index (χ3v) is 7.59. The van der Waals surface area contributed by atoms with E-state index in [2.05, 4.69) is 28.2 Å². The van der Waals surface area contributed by atoms with Crippen LogP contribution in [-0.4, -0.2) is 42.2 Å². The van der Waals surface area contributed by atoms with Crippen LogP contribution in [0, 0.1) is 18.8 Å². The summed E-state index contributed by atoms with van der Waals surface area (Å²) in [4.78, 5) is 20.1. The minimum absolute atomic E-state index is 0.0425. The Morgan fingerprint density at radius 1 is 1.48 bits per heavy atom. The van der Waals surface area contributed by atoms with Crippen molar-refractivity contribution in [3.63, 3.8) is 0 Å². The van der Waals surface area contributed by atoms with Gasteiger partial charge >= 0.3 is 0 Å². The van der Waals surface area contributed by atoms with E-state index >= 15 is 0 Å². The van der Waals surface area contributed by atoms with Crippen molar-refractivity contribution in [1.29, 1.82) is 0 Å². The number of fused-ring (bicyclic) bond motifs is 1. The number of aryl methyl sites for hydroxylation is 1. The fourth-order valence-electron chi connectivity index (χ4n) is 5.17. The maximum absolute atomic E-state index is 12.4. The molecular weight excluding hydrogens is 382 g/mol. The number of nitrogens with zero attached hydrogens (tertiary/aromatic N) is 2. The molecule has 1 N–H and O–H groups in total. The van der Waals surface area contributed by atoms with Crippen molar-refractivity contribution in [2.24, 2.45) is 11.8 Å². The number of hydrogen-bond acceptors (Lipinski definition) is 5. The Bertz CT molecular complexity index is 888. The Hall–Kier alpha value is -1.63. The van der Waals surface area contributed by atoms with Crippen LogP contribution >= 0.6 is 22.9 Å². The summed E-state index contributed by atoms with van der Waals surface area (Å²) in [6.07, 6.45) is 4.30. The van der Waals surface area contributed by atoms with Crippen LogP contribution in [0.3, 0.4) is 0 Å². The summed E-state index contributed by atoms with van der Waals surface area (Å²) in [5.74, 6) is 1.81. The van der Waals surface area contributed by atoms with Crippen molar-refractivity contribution in [2.75, 3.05) is 24.5 Å². The Morgan fingerprint density at radius 2 is 2.37 bits per heavy atom. The number of thiophene rings is 1. The molecule has 5 nitrogen and oxygen atoms in total. The topological polar surface area (TPSA) is 54.5 Å². The number of nitrogens with one attached hydrogen (secondary N) is 1. The number of ether oxygens (including phenoxy) is 1. The maximum Gasteiger partial charge on any atom is 0.261 e. The van der Waals surface area contributed by atoms with E-state index in [1.807, 2.05) is 12.3 Å². The summed E-state index contributed by atoms with van der Waals surface area (Å²) in [6.45, 7) is 4.60. The largest absolute Gasteiger partial charge is 0.369 e. The molecule has 27 heavy (non-hydrogen) atoms. The van der Waals surface area contributed by atoms with Gasteiger partial charge in [-0.05, 0) is 43.5 Å². The predicted octanol–water partition coefficient (Wildman–Crippen LogP) is 3.52. The summed E-state index contributed by atoms with van der Waals surface area (Å²) in [5, 5.41) is 3.11. The quantitative estimate of drug-likeness (QED) is 0.848. The second kappa shape index (κ2) is 6.47. The van der Waals surface area contributed by atoms with Gasteiger partial charge in [0.2, 0.25) is 0 Å². The Kier molecular flexibility index (Phi) is 4.18. The van der Waals surface area contributed by atoms with Gasteiger partial charge in [-0.1, -0.05) is 17.7 Å². The molecule has 3 saturated heterocycles. The molecule has 0 aromatic carbocycles. The van der Waals surface area contributed by atoms with Crippen molar-refractivity contribution < 1.29 is 9.53 Å². The van der Waals surface area contributed by atoms with E-state index in [4.69, 9.17) is 16.3 Å². The van der Waals surface area contributed by atoms with Crippen molar-refractivity contribution in [1.82, 2.24) is 10.3 Å². The average molecular weight is 404 g/mol. The molecule has 5 heterocycles. The second-order valence-corrected chi connectivity index (χ2v) is 9.58. The first-order valence-corrected chi connectivity index (χ1v) is 10.6. The minimum Gasteiger partial charge on any atom is -0.369 e. The van der Waals surface area contributed by atoms with Gasteiger partial charge in [0.25, 0.3) is 5.91 Å². The van der Waals surface area contributed by atoms with E-state index in [0.717, 1.165) is 31.7 Å². The van der Waals surface area contributed by atoms with Crippen LogP contribution in [0.25, 0.3) is 0 Å². The molecule has 3 aliphatic rings. The lowest BCUT2D eigenvalue weighted by molar-refractivity contribution is 0.0141. The molecule has 2 aromatic rings. The number of carbonyl (C=O) groups excluding carboxylic acids is 1. The van der Waals surface area contributed by atoms with Crippen LogP contribution < -0.4 is 10.2 Å². The van der Waals surface area contributed by atoms with Crippen LogP contribution in [0.15, 0.2) is 30.5 Å². The lowest BCUT2D eigenvalue weighted by Crippen LogP contribution is -2.41. The summed E-state index contributed by atoms with van der Waals surface area (Å²) in [5.41, 5.74) is 1.12. The molecule has 4 atom stereocenters. The standard InChI is InChI=1S/C20H22ClN3O2S/c1-12-3-2-8-22-18(12)24-10-14-13(15-6-7-20(14,11-24)26-15)9-23-19(25)16-4-5-17(21)27-16/h2-5,8,13-15H,6-7,9-11H2,1H3,(H,23,25)/t13-,14+,15+,20+/m0/s1. The highest BCUT2D eigenvalue weighted by atomic mass is 35.5. The maximum atomic E-state index is 12.4. The molecule has 1 amide bonds. The van der Waals surface area contributed by atoms with Crippen molar-refractivity contribution in [3.05, 3.63) is 45.2 Å². The average Bonchev–Trinajstić information content (AvgIpc) is 3.40. The van der Waals surface area contributed by atoms with Crippen LogP contribution in [0.2, 0.25) is 4.34 Å². The highest BCUT2D eigenvalue weighted by Gasteiger charge is 2.63. The van der Waals surface area contributed by atoms with Gasteiger partial charge in [0.05, 0.1) is 20.9 Å². The molecule has 3 fully saturated rings. The first-order valence-electron chi connectivity index (χ1n) is 9.44. The zero-order chi connectivity index (χ0) is 18.6. The molecule has 0 radical (unpaired) electrons. The highest BCUT2D eigenvalue weighted by molar-refractivity contribution is 7.17. The third-order valence-electron chi connectivity index (χ3n) is 6.36. The van der Waals surface area contributed by atoms with Gasteiger partial charge < -0.3 is 15.0 Å². The summed E-state index contributed by atoms with van der Waals surface area (Å²) in [6, 6.07) is 7.63.